The van der Waals surface area contributed by atoms with Gasteiger partial charge in [-0.2, -0.15) is 5.10 Å². The number of nitrogens with one attached hydrogen (secondary N) is 1. The molecule has 1 aromatic carbocycles. The van der Waals surface area contributed by atoms with Crippen molar-refractivity contribution in [1.82, 2.24) is 9.55 Å². The molecule has 1 N–H and O–H groups in total. The number of hydrogen-bond donors (Lipinski definition) is 1. The molecule has 0 bridgehead atoms. The van der Waals surface area contributed by atoms with Crippen LogP contribution in [0.15, 0.2) is 34.4 Å². The number of hydrogen-bond acceptors (Lipinski definition) is 9. The molecule has 13 heteroatoms. The van der Waals surface area contributed by atoms with E-state index in [1.807, 2.05) is 0 Å². The minimum atomic E-state index is -3.60. The maximum absolute atomic E-state index is 11.5. The van der Waals surface area contributed by atoms with Crippen LogP contribution in [0.2, 0.25) is 0 Å². The van der Waals surface area contributed by atoms with Crippen LogP contribution in [-0.4, -0.2) is 40.3 Å². The SMILES string of the molecule is Cn1c(/C=N\Nc2ccc(S(C)(=O)=O)cc2[N+](=O)[O-])cnc1[N+](=O)[O-]. The van der Waals surface area contributed by atoms with Crippen LogP contribution in [0, 0.1) is 20.2 Å². The number of nitrogens with zero attached hydrogens (tertiary/aromatic N) is 5. The van der Waals surface area contributed by atoms with Gasteiger partial charge >= 0.3 is 5.95 Å². The third-order valence-corrected chi connectivity index (χ3v) is 4.25. The molecule has 0 saturated heterocycles. The first-order chi connectivity index (χ1) is 11.6. The van der Waals surface area contributed by atoms with Crippen LogP contribution in [0.4, 0.5) is 17.3 Å². The molecule has 0 unspecified atom stereocenters. The summed E-state index contributed by atoms with van der Waals surface area (Å²) in [5, 5.41) is 25.6. The average Bonchev–Trinajstić information content (AvgIpc) is 2.87. The molecule has 0 aliphatic carbocycles. The highest BCUT2D eigenvalue weighted by atomic mass is 32.2. The van der Waals surface area contributed by atoms with Gasteiger partial charge in [0.25, 0.3) is 5.69 Å². The summed E-state index contributed by atoms with van der Waals surface area (Å²) in [5.41, 5.74) is 2.18. The first-order valence-electron chi connectivity index (χ1n) is 6.55. The van der Waals surface area contributed by atoms with E-state index in [0.29, 0.717) is 0 Å². The van der Waals surface area contributed by atoms with Gasteiger partial charge in [0, 0.05) is 12.3 Å². The van der Waals surface area contributed by atoms with E-state index in [4.69, 9.17) is 0 Å². The second-order valence-electron chi connectivity index (χ2n) is 4.88. The molecule has 0 aliphatic rings. The zero-order valence-electron chi connectivity index (χ0n) is 13.0. The lowest BCUT2D eigenvalue weighted by atomic mass is 10.3. The van der Waals surface area contributed by atoms with E-state index in [1.165, 1.54) is 36.2 Å². The van der Waals surface area contributed by atoms with Crippen LogP contribution < -0.4 is 5.43 Å². The van der Waals surface area contributed by atoms with Gasteiger partial charge in [0.1, 0.15) is 11.9 Å². The van der Waals surface area contributed by atoms with E-state index in [1.54, 1.807) is 0 Å². The van der Waals surface area contributed by atoms with Gasteiger partial charge in [0.05, 0.1) is 23.1 Å². The van der Waals surface area contributed by atoms with E-state index < -0.39 is 25.4 Å². The van der Waals surface area contributed by atoms with Crippen LogP contribution in [-0.2, 0) is 16.9 Å². The second kappa shape index (κ2) is 6.64. The summed E-state index contributed by atoms with van der Waals surface area (Å²) in [6.07, 6.45) is 3.34. The maximum Gasteiger partial charge on any atom is 0.434 e. The van der Waals surface area contributed by atoms with Gasteiger partial charge in [-0.25, -0.2) is 13.0 Å². The third-order valence-electron chi connectivity index (χ3n) is 3.14. The van der Waals surface area contributed by atoms with E-state index in [-0.39, 0.29) is 22.2 Å². The van der Waals surface area contributed by atoms with E-state index >= 15 is 0 Å². The summed E-state index contributed by atoms with van der Waals surface area (Å²) in [5.74, 6) is -0.384. The Kier molecular flexibility index (Phi) is 4.78. The minimum absolute atomic E-state index is 0.0367. The molecule has 0 atom stereocenters. The average molecular weight is 368 g/mol. The van der Waals surface area contributed by atoms with Gasteiger partial charge in [-0.1, -0.05) is 4.98 Å². The van der Waals surface area contributed by atoms with E-state index in [0.717, 1.165) is 12.3 Å². The van der Waals surface area contributed by atoms with Crippen molar-refractivity contribution < 1.29 is 18.3 Å². The Morgan fingerprint density at radius 3 is 2.48 bits per heavy atom. The largest absolute Gasteiger partial charge is 0.434 e. The van der Waals surface area contributed by atoms with Crippen molar-refractivity contribution in [2.24, 2.45) is 12.1 Å². The molecule has 0 radical (unpaired) electrons. The number of benzene rings is 1. The van der Waals surface area contributed by atoms with Gasteiger partial charge in [0.2, 0.25) is 0 Å². The van der Waals surface area contributed by atoms with Crippen LogP contribution >= 0.6 is 0 Å². The van der Waals surface area contributed by atoms with Gasteiger partial charge in [-0.05, 0) is 17.1 Å². The number of imidazole rings is 1. The first-order valence-corrected chi connectivity index (χ1v) is 8.44. The first kappa shape index (κ1) is 18.0. The summed E-state index contributed by atoms with van der Waals surface area (Å²) >= 11 is 0. The number of nitro groups is 2. The highest BCUT2D eigenvalue weighted by molar-refractivity contribution is 7.90. The molecule has 0 amide bonds. The Balaban J connectivity index is 2.29. The summed E-state index contributed by atoms with van der Waals surface area (Å²) in [6, 6.07) is 3.33. The van der Waals surface area contributed by atoms with Gasteiger partial charge in [-0.3, -0.25) is 15.5 Å². The Morgan fingerprint density at radius 1 is 1.28 bits per heavy atom. The molecule has 0 spiro atoms. The van der Waals surface area contributed by atoms with Gasteiger partial charge < -0.3 is 10.1 Å². The Hall–Kier alpha value is -3.35. The fourth-order valence-corrected chi connectivity index (χ4v) is 2.50. The normalized spacial score (nSPS) is 11.6. The molecule has 0 fully saturated rings. The molecule has 12 nitrogen and oxygen atoms in total. The third kappa shape index (κ3) is 3.95. The molecule has 0 saturated carbocycles. The molecule has 132 valence electrons. The van der Waals surface area contributed by atoms with Crippen LogP contribution in [0.3, 0.4) is 0 Å². The standard InChI is InChI=1S/C12H12N6O6S/c1-16-8(6-13-12(16)18(21)22)7-14-15-10-4-3-9(25(2,23)24)5-11(10)17(19)20/h3-7,15H,1-2H3/b14-7-. The monoisotopic (exact) mass is 368 g/mol. The van der Waals surface area contributed by atoms with E-state index in [9.17, 15) is 28.6 Å². The van der Waals surface area contributed by atoms with Crippen molar-refractivity contribution in [2.75, 3.05) is 11.7 Å². The highest BCUT2D eigenvalue weighted by Crippen LogP contribution is 2.27. The van der Waals surface area contributed by atoms with Crippen molar-refractivity contribution in [3.63, 3.8) is 0 Å². The Bertz CT molecular complexity index is 980. The molecule has 2 aromatic rings. The zero-order chi connectivity index (χ0) is 18.8. The van der Waals surface area contributed by atoms with E-state index in [2.05, 4.69) is 15.5 Å². The molecular formula is C12H12N6O6S. The lowest BCUT2D eigenvalue weighted by Gasteiger charge is -2.04. The highest BCUT2D eigenvalue weighted by Gasteiger charge is 2.19. The zero-order valence-corrected chi connectivity index (χ0v) is 13.8. The number of anilines is 1. The number of hydrazone groups is 1. The van der Waals surface area contributed by atoms with Crippen molar-refractivity contribution in [3.8, 4) is 0 Å². The van der Waals surface area contributed by atoms with Crippen molar-refractivity contribution in [2.45, 2.75) is 4.90 Å². The summed E-state index contributed by atoms with van der Waals surface area (Å²) in [7, 11) is -2.18. The van der Waals surface area contributed by atoms with Crippen LogP contribution in [0.1, 0.15) is 5.69 Å². The molecule has 1 aromatic heterocycles. The fourth-order valence-electron chi connectivity index (χ4n) is 1.86. The van der Waals surface area contributed by atoms with Crippen molar-refractivity contribution in [3.05, 3.63) is 50.3 Å². The maximum atomic E-state index is 11.5. The van der Waals surface area contributed by atoms with Crippen molar-refractivity contribution >= 4 is 33.4 Å². The number of rotatable bonds is 6. The quantitative estimate of drug-likeness (QED) is 0.450. The molecule has 2 rings (SSSR count). The summed E-state index contributed by atoms with van der Waals surface area (Å²) in [6.45, 7) is 0. The Labute approximate surface area is 141 Å². The Morgan fingerprint density at radius 2 is 1.96 bits per heavy atom. The molecule has 25 heavy (non-hydrogen) atoms. The van der Waals surface area contributed by atoms with Crippen LogP contribution in [0.5, 0.6) is 0 Å². The fraction of sp³-hybridized carbons (Fsp3) is 0.167. The number of aromatic nitrogens is 2. The topological polar surface area (TPSA) is 163 Å². The van der Waals surface area contributed by atoms with Gasteiger partial charge in [0.15, 0.2) is 15.5 Å². The predicted octanol–water partition coefficient (Wildman–Crippen LogP) is 1.09. The lowest BCUT2D eigenvalue weighted by Crippen LogP contribution is -2.03. The summed E-state index contributed by atoms with van der Waals surface area (Å²) in [4.78, 5) is 23.8. The minimum Gasteiger partial charge on any atom is -0.390 e. The predicted molar refractivity (Wildman–Crippen MR) is 87.3 cm³/mol. The van der Waals surface area contributed by atoms with Crippen molar-refractivity contribution in [1.29, 1.82) is 0 Å². The second-order valence-corrected chi connectivity index (χ2v) is 6.89. The lowest BCUT2D eigenvalue weighted by molar-refractivity contribution is -0.396. The molecular weight excluding hydrogens is 356 g/mol. The van der Waals surface area contributed by atoms with Gasteiger partial charge in [-0.15, -0.1) is 0 Å². The van der Waals surface area contributed by atoms with Crippen LogP contribution in [0.25, 0.3) is 0 Å². The molecule has 0 aliphatic heterocycles. The number of nitro benzene ring substituents is 1. The smallest absolute Gasteiger partial charge is 0.390 e. The summed E-state index contributed by atoms with van der Waals surface area (Å²) < 4.78 is 24.1. The number of sulfone groups is 1. The molecule has 1 heterocycles.